The van der Waals surface area contributed by atoms with Gasteiger partial charge in [-0.1, -0.05) is 182 Å². The van der Waals surface area contributed by atoms with Gasteiger partial charge in [0.05, 0.1) is 10.8 Å². The van der Waals surface area contributed by atoms with E-state index in [4.69, 9.17) is 0 Å². The molecule has 0 saturated carbocycles. The van der Waals surface area contributed by atoms with E-state index in [1.165, 1.54) is 131 Å². The molecule has 0 aliphatic heterocycles. The first-order valence-electron chi connectivity index (χ1n) is 22.1. The second-order valence-electron chi connectivity index (χ2n) is 17.8. The van der Waals surface area contributed by atoms with Gasteiger partial charge in [-0.3, -0.25) is 0 Å². The van der Waals surface area contributed by atoms with Crippen LogP contribution in [-0.4, -0.2) is 0 Å². The molecule has 1 aromatic heterocycles. The fraction of sp³-hybridized carbons (Fsp3) is 0.0323. The molecule has 10 aromatic carbocycles. The summed E-state index contributed by atoms with van der Waals surface area (Å²) in [6.07, 6.45) is 0. The third-order valence-electron chi connectivity index (χ3n) is 15.1. The Kier molecular flexibility index (Phi) is 6.53. The van der Waals surface area contributed by atoms with Crippen molar-refractivity contribution in [3.63, 3.8) is 0 Å². The fourth-order valence-electron chi connectivity index (χ4n) is 12.7. The molecule has 0 bridgehead atoms. The summed E-state index contributed by atoms with van der Waals surface area (Å²) >= 11 is 1.89. The lowest BCUT2D eigenvalue weighted by atomic mass is 9.70. The number of rotatable bonds is 2. The van der Waals surface area contributed by atoms with Crippen molar-refractivity contribution in [3.05, 3.63) is 263 Å². The molecule has 1 heteroatoms. The maximum atomic E-state index is 2.46. The lowest BCUT2D eigenvalue weighted by Crippen LogP contribution is -2.25. The molecule has 2 spiro atoms. The zero-order chi connectivity index (χ0) is 41.0. The quantitative estimate of drug-likeness (QED) is 0.163. The summed E-state index contributed by atoms with van der Waals surface area (Å²) in [7, 11) is 0. The third-order valence-corrected chi connectivity index (χ3v) is 16.3. The van der Waals surface area contributed by atoms with Gasteiger partial charge in [-0.2, -0.15) is 0 Å². The minimum Gasteiger partial charge on any atom is -0.135 e. The van der Waals surface area contributed by atoms with Crippen molar-refractivity contribution in [3.8, 4) is 66.8 Å². The first kappa shape index (κ1) is 34.1. The average Bonchev–Trinajstić information content (AvgIpc) is 4.12. The second-order valence-corrected chi connectivity index (χ2v) is 18.9. The molecule has 0 saturated heterocycles. The van der Waals surface area contributed by atoms with Crippen LogP contribution in [0.5, 0.6) is 0 Å². The topological polar surface area (TPSA) is 0 Å². The molecule has 0 atom stereocenters. The van der Waals surface area contributed by atoms with Crippen molar-refractivity contribution in [2.45, 2.75) is 10.8 Å². The molecule has 1 heterocycles. The van der Waals surface area contributed by atoms with E-state index in [0.717, 1.165) is 0 Å². The van der Waals surface area contributed by atoms with Gasteiger partial charge < -0.3 is 0 Å². The Morgan fingerprint density at radius 2 is 0.476 bits per heavy atom. The van der Waals surface area contributed by atoms with Crippen LogP contribution in [0.2, 0.25) is 0 Å². The smallest absolute Gasteiger partial charge is 0.0725 e. The normalized spacial score (nSPS) is 14.6. The Bertz CT molecular complexity index is 3480. The summed E-state index contributed by atoms with van der Waals surface area (Å²) in [5.41, 5.74) is 26.1. The zero-order valence-corrected chi connectivity index (χ0v) is 35.0. The fourth-order valence-corrected chi connectivity index (χ4v) is 13.8. The summed E-state index contributed by atoms with van der Waals surface area (Å²) in [6.45, 7) is 0. The van der Waals surface area contributed by atoms with Crippen LogP contribution in [0.15, 0.2) is 218 Å². The van der Waals surface area contributed by atoms with Gasteiger partial charge in [0.1, 0.15) is 0 Å². The number of hydrogen-bond acceptors (Lipinski definition) is 1. The summed E-state index contributed by atoms with van der Waals surface area (Å²) < 4.78 is 2.64. The van der Waals surface area contributed by atoms with Crippen LogP contribution in [0.3, 0.4) is 0 Å². The molecule has 0 amide bonds. The summed E-state index contributed by atoms with van der Waals surface area (Å²) in [5.74, 6) is 0. The van der Waals surface area contributed by atoms with E-state index in [-0.39, 0.29) is 10.8 Å². The highest BCUT2D eigenvalue weighted by Gasteiger charge is 2.53. The van der Waals surface area contributed by atoms with Crippen molar-refractivity contribution in [2.75, 3.05) is 0 Å². The second kappa shape index (κ2) is 12.1. The van der Waals surface area contributed by atoms with Crippen molar-refractivity contribution in [1.29, 1.82) is 0 Å². The van der Waals surface area contributed by atoms with Crippen molar-refractivity contribution in [2.24, 2.45) is 0 Å². The molecule has 63 heavy (non-hydrogen) atoms. The summed E-state index contributed by atoms with van der Waals surface area (Å²) in [5, 5.41) is 2.63. The van der Waals surface area contributed by atoms with Gasteiger partial charge in [0.25, 0.3) is 0 Å². The van der Waals surface area contributed by atoms with E-state index in [1.54, 1.807) is 0 Å². The van der Waals surface area contributed by atoms with Crippen LogP contribution in [0.4, 0.5) is 0 Å². The molecule has 0 N–H and O–H groups in total. The van der Waals surface area contributed by atoms with Crippen LogP contribution in [0.1, 0.15) is 44.5 Å². The number of hydrogen-bond donors (Lipinski definition) is 0. The van der Waals surface area contributed by atoms with E-state index in [2.05, 4.69) is 218 Å². The molecule has 0 fully saturated rings. The highest BCUT2D eigenvalue weighted by molar-refractivity contribution is 7.25. The highest BCUT2D eigenvalue weighted by Crippen LogP contribution is 2.64. The molecule has 15 rings (SSSR count). The maximum absolute atomic E-state index is 2.46. The van der Waals surface area contributed by atoms with Gasteiger partial charge in [-0.15, -0.1) is 11.3 Å². The van der Waals surface area contributed by atoms with E-state index < -0.39 is 0 Å². The van der Waals surface area contributed by atoms with Crippen molar-refractivity contribution >= 4 is 31.5 Å². The highest BCUT2D eigenvalue weighted by atomic mass is 32.1. The van der Waals surface area contributed by atoms with Crippen LogP contribution in [0, 0.1) is 0 Å². The SMILES string of the molecule is c1ccc2c(c1)-c1ccccc1C21c2ccccc2-c2cc(-c3ccc4sc5ccc(-c6ccc7c(c6)-c6ccccc6C76c7ccccc7-c7ccccc76)cc5c4c3)ccc21. The third kappa shape index (κ3) is 4.12. The molecular formula is C62H36S. The lowest BCUT2D eigenvalue weighted by molar-refractivity contribution is 0.794. The summed E-state index contributed by atoms with van der Waals surface area (Å²) in [4.78, 5) is 0. The van der Waals surface area contributed by atoms with Gasteiger partial charge in [0, 0.05) is 20.2 Å². The Balaban J connectivity index is 0.867. The number of fused-ring (bicyclic) bond motifs is 23. The predicted octanol–water partition coefficient (Wildman–Crippen LogP) is 16.1. The molecular weight excluding hydrogens is 777 g/mol. The number of thiophene rings is 1. The Hall–Kier alpha value is -7.58. The van der Waals surface area contributed by atoms with Crippen molar-refractivity contribution in [1.82, 2.24) is 0 Å². The number of benzene rings is 10. The average molecular weight is 813 g/mol. The first-order valence-corrected chi connectivity index (χ1v) is 22.9. The van der Waals surface area contributed by atoms with E-state index >= 15 is 0 Å². The van der Waals surface area contributed by atoms with Crippen molar-refractivity contribution < 1.29 is 0 Å². The van der Waals surface area contributed by atoms with Gasteiger partial charge in [-0.05, 0) is 148 Å². The monoisotopic (exact) mass is 812 g/mol. The Labute approximate surface area is 370 Å². The molecule has 4 aliphatic carbocycles. The van der Waals surface area contributed by atoms with Crippen LogP contribution in [0.25, 0.3) is 86.9 Å². The molecule has 11 aromatic rings. The predicted molar refractivity (Wildman–Crippen MR) is 263 cm³/mol. The van der Waals surface area contributed by atoms with Gasteiger partial charge >= 0.3 is 0 Å². The molecule has 290 valence electrons. The Morgan fingerprint density at radius 3 is 0.810 bits per heavy atom. The molecule has 0 nitrogen and oxygen atoms in total. The van der Waals surface area contributed by atoms with Gasteiger partial charge in [0.15, 0.2) is 0 Å². The molecule has 0 radical (unpaired) electrons. The first-order chi connectivity index (χ1) is 31.2. The van der Waals surface area contributed by atoms with Crippen LogP contribution in [-0.2, 0) is 10.8 Å². The largest absolute Gasteiger partial charge is 0.135 e. The summed E-state index contributed by atoms with van der Waals surface area (Å²) in [6, 6.07) is 83.1. The van der Waals surface area contributed by atoms with Gasteiger partial charge in [0.2, 0.25) is 0 Å². The molecule has 0 unspecified atom stereocenters. The van der Waals surface area contributed by atoms with Gasteiger partial charge in [-0.25, -0.2) is 0 Å². The molecule has 4 aliphatic rings. The Morgan fingerprint density at radius 1 is 0.222 bits per heavy atom. The van der Waals surface area contributed by atoms with E-state index in [1.807, 2.05) is 11.3 Å². The van der Waals surface area contributed by atoms with E-state index in [0.29, 0.717) is 0 Å². The lowest BCUT2D eigenvalue weighted by Gasteiger charge is -2.30. The van der Waals surface area contributed by atoms with Crippen LogP contribution < -0.4 is 0 Å². The minimum absolute atomic E-state index is 0.326. The minimum atomic E-state index is -0.326. The standard InChI is InChI=1S/C62H36S/c1-7-19-51-41(13-1)42-14-2-8-20-52(42)61(51)55-23-11-5-17-45(55)47-33-37(25-29-57(47)61)39-27-31-59-49(35-39)50-36-40(28-32-60(50)63-59)38-26-30-58-48(34-38)46-18-6-12-24-56(46)62(58)53-21-9-3-15-43(53)44-16-4-10-22-54(44)62/h1-36H. The zero-order valence-electron chi connectivity index (χ0n) is 34.2. The maximum Gasteiger partial charge on any atom is 0.0725 e. The van der Waals surface area contributed by atoms with E-state index in [9.17, 15) is 0 Å². The van der Waals surface area contributed by atoms with Crippen LogP contribution >= 0.6 is 11.3 Å².